The number of hydrogen-bond acceptors (Lipinski definition) is 6. The highest BCUT2D eigenvalue weighted by Gasteiger charge is 2.35. The Labute approximate surface area is 117 Å². The maximum absolute atomic E-state index is 12.1. The van der Waals surface area contributed by atoms with E-state index >= 15 is 0 Å². The van der Waals surface area contributed by atoms with Crippen LogP contribution in [0.4, 0.5) is 18.9 Å². The topological polar surface area (TPSA) is 91.6 Å². The second-order valence-electron chi connectivity index (χ2n) is 2.94. The van der Waals surface area contributed by atoms with Crippen molar-refractivity contribution in [3.05, 3.63) is 25.4 Å². The Balaban J connectivity index is 3.40. The first kappa shape index (κ1) is 15.4. The van der Waals surface area contributed by atoms with Gasteiger partial charge in [0.1, 0.15) is 0 Å². The van der Waals surface area contributed by atoms with E-state index in [9.17, 15) is 28.1 Å². The van der Waals surface area contributed by atoms with Crippen LogP contribution in [0.3, 0.4) is 0 Å². The van der Waals surface area contributed by atoms with Crippen molar-refractivity contribution < 1.29 is 32.4 Å². The van der Waals surface area contributed by atoms with E-state index in [0.29, 0.717) is 6.07 Å². The van der Waals surface area contributed by atoms with Crippen molar-refractivity contribution in [2.75, 3.05) is 7.11 Å². The van der Waals surface area contributed by atoms with Gasteiger partial charge in [-0.3, -0.25) is 10.1 Å². The van der Waals surface area contributed by atoms with Crippen molar-refractivity contribution in [2.24, 2.45) is 0 Å². The number of rotatable bonds is 3. The van der Waals surface area contributed by atoms with E-state index in [-0.39, 0.29) is 0 Å². The van der Waals surface area contributed by atoms with Crippen LogP contribution >= 0.6 is 22.6 Å². The minimum Gasteiger partial charge on any atom is -0.464 e. The maximum Gasteiger partial charge on any atom is 0.574 e. The van der Waals surface area contributed by atoms with E-state index in [2.05, 4.69) is 14.5 Å². The summed E-state index contributed by atoms with van der Waals surface area (Å²) in [6.45, 7) is 0. The number of halogens is 4. The summed E-state index contributed by atoms with van der Waals surface area (Å²) in [5.74, 6) is -2.20. The van der Waals surface area contributed by atoms with Gasteiger partial charge in [-0.25, -0.2) is 9.78 Å². The minimum atomic E-state index is -5.09. The number of carbonyl (C=O) groups is 1. The fourth-order valence-corrected chi connectivity index (χ4v) is 1.60. The average Bonchev–Trinajstić information content (AvgIpc) is 2.28. The standard InChI is InChI=1S/C8H4F3IN2O5/c1-18-7(15)3-2-4(14(16)17)5(12)6(13-3)19-8(9,10)11/h2H,1H3. The molecular weight excluding hydrogens is 388 g/mol. The average molecular weight is 392 g/mol. The molecule has 0 fully saturated rings. The van der Waals surface area contributed by atoms with Gasteiger partial charge in [-0.15, -0.1) is 13.2 Å². The molecule has 0 radical (unpaired) electrons. The van der Waals surface area contributed by atoms with Crippen LogP contribution < -0.4 is 4.74 Å². The van der Waals surface area contributed by atoms with Gasteiger partial charge in [0.05, 0.1) is 18.1 Å². The lowest BCUT2D eigenvalue weighted by Crippen LogP contribution is -2.20. The number of methoxy groups -OCH3 is 1. The molecule has 0 aliphatic heterocycles. The van der Waals surface area contributed by atoms with Gasteiger partial charge in [0, 0.05) is 0 Å². The molecule has 0 amide bonds. The lowest BCUT2D eigenvalue weighted by atomic mass is 10.3. The molecule has 0 spiro atoms. The van der Waals surface area contributed by atoms with Gasteiger partial charge in [-0.05, 0) is 22.6 Å². The fraction of sp³-hybridized carbons (Fsp3) is 0.250. The third-order valence-corrected chi connectivity index (χ3v) is 2.73. The number of aromatic nitrogens is 1. The highest BCUT2D eigenvalue weighted by atomic mass is 127. The molecule has 0 aromatic carbocycles. The highest BCUT2D eigenvalue weighted by Crippen LogP contribution is 2.32. The molecule has 0 bridgehead atoms. The van der Waals surface area contributed by atoms with Crippen molar-refractivity contribution in [3.63, 3.8) is 0 Å². The molecule has 0 unspecified atom stereocenters. The molecule has 1 rings (SSSR count). The second kappa shape index (κ2) is 5.54. The molecule has 0 N–H and O–H groups in total. The summed E-state index contributed by atoms with van der Waals surface area (Å²) in [4.78, 5) is 24.1. The zero-order valence-corrected chi connectivity index (χ0v) is 11.2. The van der Waals surface area contributed by atoms with Crippen molar-refractivity contribution in [1.82, 2.24) is 4.98 Å². The summed E-state index contributed by atoms with van der Waals surface area (Å²) in [5, 5.41) is 10.7. The van der Waals surface area contributed by atoms with Crippen LogP contribution in [-0.4, -0.2) is 29.3 Å². The molecule has 0 saturated carbocycles. The van der Waals surface area contributed by atoms with E-state index in [0.717, 1.165) is 7.11 Å². The first-order chi connectivity index (χ1) is 8.65. The quantitative estimate of drug-likeness (QED) is 0.339. The van der Waals surface area contributed by atoms with Crippen LogP contribution in [0, 0.1) is 13.7 Å². The summed E-state index contributed by atoms with van der Waals surface area (Å²) in [6, 6.07) is 0.705. The molecule has 7 nitrogen and oxygen atoms in total. The maximum atomic E-state index is 12.1. The largest absolute Gasteiger partial charge is 0.574 e. The number of carbonyl (C=O) groups excluding carboxylic acids is 1. The van der Waals surface area contributed by atoms with Crippen LogP contribution in [0.25, 0.3) is 0 Å². The van der Waals surface area contributed by atoms with Crippen LogP contribution in [0.1, 0.15) is 10.5 Å². The highest BCUT2D eigenvalue weighted by molar-refractivity contribution is 14.1. The monoisotopic (exact) mass is 392 g/mol. The summed E-state index contributed by atoms with van der Waals surface area (Å²) < 4.78 is 43.6. The molecule has 1 aromatic rings. The van der Waals surface area contributed by atoms with Crippen LogP contribution in [0.5, 0.6) is 5.88 Å². The second-order valence-corrected chi connectivity index (χ2v) is 4.02. The summed E-state index contributed by atoms with van der Waals surface area (Å²) in [6.07, 6.45) is -5.09. The fourth-order valence-electron chi connectivity index (χ4n) is 1.01. The molecular formula is C8H4F3IN2O5. The minimum absolute atomic E-state index is 0.479. The van der Waals surface area contributed by atoms with Crippen molar-refractivity contribution in [2.45, 2.75) is 6.36 Å². The number of alkyl halides is 3. The summed E-state index contributed by atoms with van der Waals surface area (Å²) in [7, 11) is 0.956. The van der Waals surface area contributed by atoms with Crippen LogP contribution in [0.2, 0.25) is 0 Å². The van der Waals surface area contributed by atoms with E-state index in [1.165, 1.54) is 22.6 Å². The Morgan fingerprint density at radius 3 is 2.53 bits per heavy atom. The van der Waals surface area contributed by atoms with E-state index in [4.69, 9.17) is 0 Å². The molecule has 0 saturated heterocycles. The molecule has 0 aliphatic rings. The van der Waals surface area contributed by atoms with Gasteiger partial charge in [0.15, 0.2) is 9.26 Å². The molecule has 11 heteroatoms. The smallest absolute Gasteiger partial charge is 0.464 e. The third kappa shape index (κ3) is 3.90. The molecule has 0 atom stereocenters. The molecule has 0 aliphatic carbocycles. The van der Waals surface area contributed by atoms with E-state index in [1.807, 2.05) is 0 Å². The van der Waals surface area contributed by atoms with Gasteiger partial charge < -0.3 is 9.47 Å². The van der Waals surface area contributed by atoms with Gasteiger partial charge >= 0.3 is 12.3 Å². The van der Waals surface area contributed by atoms with Gasteiger partial charge in [-0.1, -0.05) is 0 Å². The van der Waals surface area contributed by atoms with Crippen molar-refractivity contribution in [1.29, 1.82) is 0 Å². The molecule has 1 heterocycles. The number of ether oxygens (including phenoxy) is 2. The normalized spacial score (nSPS) is 11.0. The first-order valence-corrected chi connectivity index (χ1v) is 5.42. The van der Waals surface area contributed by atoms with E-state index in [1.54, 1.807) is 0 Å². The van der Waals surface area contributed by atoms with Crippen LogP contribution in [0.15, 0.2) is 6.07 Å². The van der Waals surface area contributed by atoms with Gasteiger partial charge in [-0.2, -0.15) is 0 Å². The lowest BCUT2D eigenvalue weighted by molar-refractivity contribution is -0.386. The number of nitro groups is 1. The number of pyridine rings is 1. The SMILES string of the molecule is COC(=O)c1cc([N+](=O)[O-])c(I)c(OC(F)(F)F)n1. The van der Waals surface area contributed by atoms with E-state index < -0.39 is 38.1 Å². The van der Waals surface area contributed by atoms with Crippen molar-refractivity contribution in [3.8, 4) is 5.88 Å². The van der Waals surface area contributed by atoms with Crippen LogP contribution in [-0.2, 0) is 4.74 Å². The van der Waals surface area contributed by atoms with Crippen molar-refractivity contribution >= 4 is 34.2 Å². The Hall–Kier alpha value is -1.66. The Morgan fingerprint density at radius 2 is 2.11 bits per heavy atom. The predicted octanol–water partition coefficient (Wildman–Crippen LogP) is 2.28. The Morgan fingerprint density at radius 1 is 1.53 bits per heavy atom. The summed E-state index contributed by atoms with van der Waals surface area (Å²) >= 11 is 1.27. The number of nitrogens with zero attached hydrogens (tertiary/aromatic N) is 2. The Bertz CT molecular complexity index is 534. The zero-order chi connectivity index (χ0) is 14.8. The molecule has 19 heavy (non-hydrogen) atoms. The summed E-state index contributed by atoms with van der Waals surface area (Å²) in [5.41, 5.74) is -1.40. The van der Waals surface area contributed by atoms with Gasteiger partial charge in [0.2, 0.25) is 5.88 Å². The number of esters is 1. The molecule has 1 aromatic heterocycles. The zero-order valence-electron chi connectivity index (χ0n) is 9.02. The third-order valence-electron chi connectivity index (χ3n) is 1.71. The predicted molar refractivity (Wildman–Crippen MR) is 61.6 cm³/mol. The molecule has 104 valence electrons. The lowest BCUT2D eigenvalue weighted by Gasteiger charge is -2.10. The first-order valence-electron chi connectivity index (χ1n) is 4.34. The van der Waals surface area contributed by atoms with Gasteiger partial charge in [0.25, 0.3) is 5.69 Å². The Kier molecular flexibility index (Phi) is 4.49. The number of hydrogen-bond donors (Lipinski definition) is 0.